The van der Waals surface area contributed by atoms with Gasteiger partial charge in [-0.25, -0.2) is 0 Å². The van der Waals surface area contributed by atoms with Crippen molar-refractivity contribution in [2.75, 3.05) is 50.1 Å². The summed E-state index contributed by atoms with van der Waals surface area (Å²) in [4.78, 5) is 4.76. The van der Waals surface area contributed by atoms with E-state index in [2.05, 4.69) is 53.5 Å². The van der Waals surface area contributed by atoms with Crippen LogP contribution in [0.1, 0.15) is 19.3 Å². The zero-order chi connectivity index (χ0) is 13.3. The fourth-order valence-electron chi connectivity index (χ4n) is 3.49. The SMILES string of the molecule is CN(C)c1cccc(N2CCC3(CCNCC3)C2)c1.Cl. The second kappa shape index (κ2) is 6.23. The molecule has 2 aliphatic rings. The highest BCUT2D eigenvalue weighted by Gasteiger charge is 2.38. The molecule has 0 aromatic heterocycles. The average molecular weight is 296 g/mol. The van der Waals surface area contributed by atoms with Gasteiger partial charge in [0.15, 0.2) is 0 Å². The molecule has 0 radical (unpaired) electrons. The smallest absolute Gasteiger partial charge is 0.0387 e. The average Bonchev–Trinajstić information content (AvgIpc) is 2.83. The van der Waals surface area contributed by atoms with Crippen LogP contribution in [0.3, 0.4) is 0 Å². The van der Waals surface area contributed by atoms with Gasteiger partial charge in [-0.1, -0.05) is 6.07 Å². The van der Waals surface area contributed by atoms with Crippen molar-refractivity contribution in [3.8, 4) is 0 Å². The summed E-state index contributed by atoms with van der Waals surface area (Å²) < 4.78 is 0. The monoisotopic (exact) mass is 295 g/mol. The van der Waals surface area contributed by atoms with Gasteiger partial charge in [0.2, 0.25) is 0 Å². The van der Waals surface area contributed by atoms with Crippen LogP contribution in [0.25, 0.3) is 0 Å². The van der Waals surface area contributed by atoms with Crippen molar-refractivity contribution in [1.29, 1.82) is 0 Å². The van der Waals surface area contributed by atoms with Crippen LogP contribution in [0.15, 0.2) is 24.3 Å². The van der Waals surface area contributed by atoms with Crippen LogP contribution in [0.2, 0.25) is 0 Å². The predicted octanol–water partition coefficient (Wildman–Crippen LogP) is 2.75. The maximum absolute atomic E-state index is 3.49. The Hall–Kier alpha value is -0.930. The molecule has 20 heavy (non-hydrogen) atoms. The van der Waals surface area contributed by atoms with Crippen LogP contribution in [-0.4, -0.2) is 40.3 Å². The Kier molecular flexibility index (Phi) is 4.82. The molecule has 0 saturated carbocycles. The van der Waals surface area contributed by atoms with Gasteiger partial charge in [0.1, 0.15) is 0 Å². The van der Waals surface area contributed by atoms with Crippen LogP contribution >= 0.6 is 12.4 Å². The summed E-state index contributed by atoms with van der Waals surface area (Å²) in [5, 5.41) is 3.49. The van der Waals surface area contributed by atoms with Gasteiger partial charge < -0.3 is 15.1 Å². The quantitative estimate of drug-likeness (QED) is 0.905. The zero-order valence-electron chi connectivity index (χ0n) is 12.6. The Bertz CT molecular complexity index is 441. The van der Waals surface area contributed by atoms with E-state index in [1.54, 1.807) is 0 Å². The standard InChI is InChI=1S/C16H25N3.ClH/c1-18(2)14-4-3-5-15(12-14)19-11-8-16(13-19)6-9-17-10-7-16;/h3-5,12,17H,6-11,13H2,1-2H3;1H. The first-order chi connectivity index (χ1) is 9.19. The lowest BCUT2D eigenvalue weighted by molar-refractivity contribution is 0.232. The second-order valence-corrected chi connectivity index (χ2v) is 6.34. The molecule has 112 valence electrons. The topological polar surface area (TPSA) is 18.5 Å². The van der Waals surface area contributed by atoms with Crippen molar-refractivity contribution in [1.82, 2.24) is 5.32 Å². The van der Waals surface area contributed by atoms with Gasteiger partial charge >= 0.3 is 0 Å². The van der Waals surface area contributed by atoms with Crippen LogP contribution in [0.4, 0.5) is 11.4 Å². The van der Waals surface area contributed by atoms with Gasteiger partial charge in [0.05, 0.1) is 0 Å². The molecule has 0 bridgehead atoms. The maximum atomic E-state index is 3.49. The lowest BCUT2D eigenvalue weighted by Crippen LogP contribution is -2.38. The molecule has 0 amide bonds. The number of anilines is 2. The van der Waals surface area contributed by atoms with E-state index < -0.39 is 0 Å². The van der Waals surface area contributed by atoms with E-state index in [1.165, 1.54) is 56.8 Å². The van der Waals surface area contributed by atoms with Gasteiger partial charge in [0.25, 0.3) is 0 Å². The first-order valence-corrected chi connectivity index (χ1v) is 7.42. The molecular formula is C16H26ClN3. The van der Waals surface area contributed by atoms with Crippen molar-refractivity contribution in [2.45, 2.75) is 19.3 Å². The number of nitrogens with one attached hydrogen (secondary N) is 1. The third kappa shape index (κ3) is 3.04. The summed E-state index contributed by atoms with van der Waals surface area (Å²) in [5.74, 6) is 0. The molecule has 2 saturated heterocycles. The lowest BCUT2D eigenvalue weighted by Gasteiger charge is -2.34. The highest BCUT2D eigenvalue weighted by molar-refractivity contribution is 5.85. The summed E-state index contributed by atoms with van der Waals surface area (Å²) in [6.07, 6.45) is 4.05. The van der Waals surface area contributed by atoms with Crippen molar-refractivity contribution in [3.63, 3.8) is 0 Å². The summed E-state index contributed by atoms with van der Waals surface area (Å²) in [5.41, 5.74) is 3.27. The first-order valence-electron chi connectivity index (χ1n) is 7.42. The third-order valence-electron chi connectivity index (χ3n) is 4.81. The van der Waals surface area contributed by atoms with E-state index in [9.17, 15) is 0 Å². The van der Waals surface area contributed by atoms with Crippen molar-refractivity contribution in [2.24, 2.45) is 5.41 Å². The van der Waals surface area contributed by atoms with Crippen molar-refractivity contribution < 1.29 is 0 Å². The molecule has 1 N–H and O–H groups in total. The molecule has 1 spiro atoms. The summed E-state index contributed by atoms with van der Waals surface area (Å²) in [6, 6.07) is 8.94. The first kappa shape index (κ1) is 15.5. The Morgan fingerprint density at radius 3 is 2.60 bits per heavy atom. The summed E-state index contributed by atoms with van der Waals surface area (Å²) in [6.45, 7) is 4.86. The van der Waals surface area contributed by atoms with Crippen LogP contribution < -0.4 is 15.1 Å². The number of nitrogens with zero attached hydrogens (tertiary/aromatic N) is 2. The lowest BCUT2D eigenvalue weighted by atomic mass is 9.78. The normalized spacial score (nSPS) is 20.8. The van der Waals surface area contributed by atoms with Gasteiger partial charge in [-0.05, 0) is 56.0 Å². The summed E-state index contributed by atoms with van der Waals surface area (Å²) >= 11 is 0. The van der Waals surface area contributed by atoms with Crippen molar-refractivity contribution in [3.05, 3.63) is 24.3 Å². The van der Waals surface area contributed by atoms with Crippen LogP contribution in [0, 0.1) is 5.41 Å². The Balaban J connectivity index is 0.00000147. The number of piperidine rings is 1. The molecule has 2 aliphatic heterocycles. The summed E-state index contributed by atoms with van der Waals surface area (Å²) in [7, 11) is 4.22. The highest BCUT2D eigenvalue weighted by Crippen LogP contribution is 2.40. The molecule has 4 heteroatoms. The van der Waals surface area contributed by atoms with Gasteiger partial charge in [-0.3, -0.25) is 0 Å². The van der Waals surface area contributed by atoms with Gasteiger partial charge in [-0.15, -0.1) is 12.4 Å². The zero-order valence-corrected chi connectivity index (χ0v) is 13.4. The second-order valence-electron chi connectivity index (χ2n) is 6.34. The Morgan fingerprint density at radius 1 is 1.15 bits per heavy atom. The van der Waals surface area contributed by atoms with Gasteiger partial charge in [-0.2, -0.15) is 0 Å². The van der Waals surface area contributed by atoms with Crippen molar-refractivity contribution >= 4 is 23.8 Å². The Morgan fingerprint density at radius 2 is 1.90 bits per heavy atom. The highest BCUT2D eigenvalue weighted by atomic mass is 35.5. The molecule has 2 heterocycles. The third-order valence-corrected chi connectivity index (χ3v) is 4.81. The number of benzene rings is 1. The molecule has 1 aromatic rings. The van der Waals surface area contributed by atoms with E-state index in [4.69, 9.17) is 0 Å². The van der Waals surface area contributed by atoms with E-state index >= 15 is 0 Å². The minimum atomic E-state index is 0. The van der Waals surface area contributed by atoms with E-state index in [0.717, 1.165) is 0 Å². The van der Waals surface area contributed by atoms with Crippen LogP contribution in [0.5, 0.6) is 0 Å². The Labute approximate surface area is 128 Å². The predicted molar refractivity (Wildman–Crippen MR) is 89.4 cm³/mol. The fourth-order valence-corrected chi connectivity index (χ4v) is 3.49. The van der Waals surface area contributed by atoms with Gasteiger partial charge in [0, 0.05) is 38.6 Å². The van der Waals surface area contributed by atoms with Crippen LogP contribution in [-0.2, 0) is 0 Å². The maximum Gasteiger partial charge on any atom is 0.0387 e. The molecule has 0 atom stereocenters. The molecule has 3 rings (SSSR count). The van der Waals surface area contributed by atoms with E-state index in [1.807, 2.05) is 0 Å². The number of hydrogen-bond acceptors (Lipinski definition) is 3. The fraction of sp³-hybridized carbons (Fsp3) is 0.625. The molecule has 1 aromatic carbocycles. The van der Waals surface area contributed by atoms with E-state index in [-0.39, 0.29) is 12.4 Å². The largest absolute Gasteiger partial charge is 0.378 e. The molecular weight excluding hydrogens is 270 g/mol. The number of halogens is 1. The minimum absolute atomic E-state index is 0. The molecule has 0 unspecified atom stereocenters. The number of rotatable bonds is 2. The molecule has 2 fully saturated rings. The van der Waals surface area contributed by atoms with E-state index in [0.29, 0.717) is 5.41 Å². The molecule has 0 aliphatic carbocycles. The number of hydrogen-bond donors (Lipinski definition) is 1. The minimum Gasteiger partial charge on any atom is -0.378 e. The molecule has 3 nitrogen and oxygen atoms in total.